The van der Waals surface area contributed by atoms with Gasteiger partial charge in [-0.15, -0.1) is 0 Å². The number of hydrogen-bond donors (Lipinski definition) is 1. The van der Waals surface area contributed by atoms with Crippen LogP contribution in [0.1, 0.15) is 27.7 Å². The first-order valence-electron chi connectivity index (χ1n) is 3.45. The van der Waals surface area contributed by atoms with Crippen molar-refractivity contribution in [2.75, 3.05) is 0 Å². The third-order valence-corrected chi connectivity index (χ3v) is 2.39. The zero-order chi connectivity index (χ0) is 8.15. The Morgan fingerprint density at radius 2 is 1.40 bits per heavy atom. The first-order valence-corrected chi connectivity index (χ1v) is 3.45. The molecule has 0 unspecified atom stereocenters. The van der Waals surface area contributed by atoms with Crippen LogP contribution in [0.2, 0.25) is 0 Å². The Bertz CT molecular complexity index is 173. The molecule has 56 valence electrons. The Labute approximate surface area is 61.1 Å². The molecule has 0 aromatic rings. The van der Waals surface area contributed by atoms with Crippen LogP contribution in [0.25, 0.3) is 0 Å². The lowest BCUT2D eigenvalue weighted by Crippen LogP contribution is -2.60. The Morgan fingerprint density at radius 1 is 1.10 bits per heavy atom. The van der Waals surface area contributed by atoms with Crippen LogP contribution >= 0.6 is 0 Å². The third-order valence-electron chi connectivity index (χ3n) is 2.39. The van der Waals surface area contributed by atoms with Gasteiger partial charge in [0.25, 0.3) is 0 Å². The van der Waals surface area contributed by atoms with Crippen molar-refractivity contribution in [1.82, 2.24) is 0 Å². The molecule has 1 aliphatic rings. The molecule has 0 spiro atoms. The van der Waals surface area contributed by atoms with Crippen LogP contribution in [0.4, 0.5) is 0 Å². The summed E-state index contributed by atoms with van der Waals surface area (Å²) >= 11 is 0. The highest BCUT2D eigenvalue weighted by atomic mass is 16.1. The fourth-order valence-corrected chi connectivity index (χ4v) is 1.73. The normalized spacial score (nSPS) is 28.0. The summed E-state index contributed by atoms with van der Waals surface area (Å²) in [6.07, 6.45) is 0. The first-order chi connectivity index (χ1) is 4.31. The van der Waals surface area contributed by atoms with Crippen LogP contribution in [0, 0.1) is 16.2 Å². The molecule has 2 heteroatoms. The quantitative estimate of drug-likeness (QED) is 0.544. The number of Topliss-reactive ketones (excluding diaryl/α,β-unsaturated/α-hetero) is 1. The summed E-state index contributed by atoms with van der Waals surface area (Å²) in [7, 11) is 0. The molecule has 0 amide bonds. The van der Waals surface area contributed by atoms with E-state index in [1.54, 1.807) is 0 Å². The average Bonchev–Trinajstić information content (AvgIpc) is 1.84. The molecule has 0 aliphatic heterocycles. The van der Waals surface area contributed by atoms with Gasteiger partial charge < -0.3 is 5.41 Å². The number of ketones is 1. The van der Waals surface area contributed by atoms with Gasteiger partial charge in [-0.3, -0.25) is 4.79 Å². The first kappa shape index (κ1) is 7.45. The molecule has 0 heterocycles. The molecule has 1 rings (SSSR count). The molecule has 0 saturated heterocycles. The largest absolute Gasteiger partial charge is 0.308 e. The monoisotopic (exact) mass is 139 g/mol. The molecule has 1 aliphatic carbocycles. The van der Waals surface area contributed by atoms with Crippen LogP contribution in [0.3, 0.4) is 0 Å². The molecule has 2 nitrogen and oxygen atoms in total. The van der Waals surface area contributed by atoms with E-state index in [9.17, 15) is 4.79 Å². The van der Waals surface area contributed by atoms with Gasteiger partial charge in [0, 0.05) is 5.71 Å². The van der Waals surface area contributed by atoms with Crippen LogP contribution in [-0.2, 0) is 4.79 Å². The second-order valence-electron chi connectivity index (χ2n) is 3.95. The van der Waals surface area contributed by atoms with Gasteiger partial charge in [-0.25, -0.2) is 0 Å². The summed E-state index contributed by atoms with van der Waals surface area (Å²) in [5.41, 5.74) is -0.405. The van der Waals surface area contributed by atoms with Gasteiger partial charge in [-0.05, 0) is 27.7 Å². The molecule has 1 saturated carbocycles. The van der Waals surface area contributed by atoms with Gasteiger partial charge >= 0.3 is 0 Å². The molecular formula is C8H13NO. The summed E-state index contributed by atoms with van der Waals surface area (Å²) in [5, 5.41) is 7.54. The standard InChI is InChI=1S/C8H13NO/c1-7(2)5(9)8(3,4)6(7)10/h9H,1-4H3. The SMILES string of the molecule is CC1(C)C(=N)C(C)(C)C1=O. The highest BCUT2D eigenvalue weighted by molar-refractivity contribution is 6.30. The van der Waals surface area contributed by atoms with Crippen molar-refractivity contribution >= 4 is 11.5 Å². The van der Waals surface area contributed by atoms with Gasteiger partial charge in [0.05, 0.1) is 10.8 Å². The topological polar surface area (TPSA) is 40.9 Å². The molecule has 1 N–H and O–H groups in total. The van der Waals surface area contributed by atoms with E-state index in [0.717, 1.165) is 0 Å². The molecule has 10 heavy (non-hydrogen) atoms. The van der Waals surface area contributed by atoms with Crippen LogP contribution in [0.15, 0.2) is 0 Å². The second-order valence-corrected chi connectivity index (χ2v) is 3.95. The number of carbonyl (C=O) groups is 1. The van der Waals surface area contributed by atoms with Crippen LogP contribution in [0.5, 0.6) is 0 Å². The highest BCUT2D eigenvalue weighted by Crippen LogP contribution is 2.45. The zero-order valence-corrected chi connectivity index (χ0v) is 6.91. The molecule has 0 aromatic carbocycles. The predicted octanol–water partition coefficient (Wildman–Crippen LogP) is 1.64. The van der Waals surface area contributed by atoms with Gasteiger partial charge in [0.2, 0.25) is 0 Å². The van der Waals surface area contributed by atoms with Crippen LogP contribution < -0.4 is 0 Å². The van der Waals surface area contributed by atoms with E-state index in [4.69, 9.17) is 5.41 Å². The van der Waals surface area contributed by atoms with E-state index in [1.165, 1.54) is 0 Å². The van der Waals surface area contributed by atoms with Crippen LogP contribution in [-0.4, -0.2) is 11.5 Å². The van der Waals surface area contributed by atoms with E-state index >= 15 is 0 Å². The van der Waals surface area contributed by atoms with Crippen molar-refractivity contribution < 1.29 is 4.79 Å². The van der Waals surface area contributed by atoms with Gasteiger partial charge in [0.1, 0.15) is 0 Å². The number of hydrogen-bond acceptors (Lipinski definition) is 2. The Hall–Kier alpha value is -0.660. The van der Waals surface area contributed by atoms with Crippen molar-refractivity contribution in [2.24, 2.45) is 10.8 Å². The molecular weight excluding hydrogens is 126 g/mol. The average molecular weight is 139 g/mol. The lowest BCUT2D eigenvalue weighted by molar-refractivity contribution is -0.135. The van der Waals surface area contributed by atoms with E-state index in [-0.39, 0.29) is 5.78 Å². The molecule has 0 radical (unpaired) electrons. The van der Waals surface area contributed by atoms with Crippen molar-refractivity contribution in [3.63, 3.8) is 0 Å². The number of rotatable bonds is 0. The zero-order valence-electron chi connectivity index (χ0n) is 6.91. The summed E-state index contributed by atoms with van der Waals surface area (Å²) < 4.78 is 0. The van der Waals surface area contributed by atoms with E-state index < -0.39 is 10.8 Å². The van der Waals surface area contributed by atoms with Gasteiger partial charge in [-0.1, -0.05) is 0 Å². The summed E-state index contributed by atoms with van der Waals surface area (Å²) in [6, 6.07) is 0. The lowest BCUT2D eigenvalue weighted by atomic mass is 9.53. The minimum absolute atomic E-state index is 0.185. The van der Waals surface area contributed by atoms with E-state index in [2.05, 4.69) is 0 Å². The fraction of sp³-hybridized carbons (Fsp3) is 0.750. The minimum Gasteiger partial charge on any atom is -0.308 e. The van der Waals surface area contributed by atoms with E-state index in [0.29, 0.717) is 5.71 Å². The number of carbonyl (C=O) groups excluding carboxylic acids is 1. The van der Waals surface area contributed by atoms with Crippen molar-refractivity contribution in [3.8, 4) is 0 Å². The maximum absolute atomic E-state index is 11.3. The highest BCUT2D eigenvalue weighted by Gasteiger charge is 2.57. The van der Waals surface area contributed by atoms with Crippen molar-refractivity contribution in [3.05, 3.63) is 0 Å². The second kappa shape index (κ2) is 1.49. The third kappa shape index (κ3) is 0.542. The minimum atomic E-state index is -0.483. The molecule has 0 aromatic heterocycles. The number of nitrogens with one attached hydrogen (secondary N) is 1. The predicted molar refractivity (Wildman–Crippen MR) is 40.3 cm³/mol. The lowest BCUT2D eigenvalue weighted by Gasteiger charge is -2.47. The van der Waals surface area contributed by atoms with Gasteiger partial charge in [-0.2, -0.15) is 0 Å². The molecule has 0 atom stereocenters. The summed E-state index contributed by atoms with van der Waals surface area (Å²) in [6.45, 7) is 7.23. The Balaban J connectivity index is 3.00. The van der Waals surface area contributed by atoms with Crippen molar-refractivity contribution in [1.29, 1.82) is 5.41 Å². The van der Waals surface area contributed by atoms with E-state index in [1.807, 2.05) is 27.7 Å². The maximum Gasteiger partial charge on any atom is 0.155 e. The Morgan fingerprint density at radius 3 is 1.50 bits per heavy atom. The van der Waals surface area contributed by atoms with Gasteiger partial charge in [0.15, 0.2) is 5.78 Å². The molecule has 1 fully saturated rings. The summed E-state index contributed by atoms with van der Waals surface area (Å²) in [5.74, 6) is 0.185. The fourth-order valence-electron chi connectivity index (χ4n) is 1.73. The summed E-state index contributed by atoms with van der Waals surface area (Å²) in [4.78, 5) is 11.3. The smallest absolute Gasteiger partial charge is 0.155 e. The van der Waals surface area contributed by atoms with Crippen molar-refractivity contribution in [2.45, 2.75) is 27.7 Å². The Kier molecular flexibility index (Phi) is 1.11. The maximum atomic E-state index is 11.3. The molecule has 0 bridgehead atoms.